The third-order valence-electron chi connectivity index (χ3n) is 8.56. The number of hydrogen-bond donors (Lipinski definition) is 0. The van der Waals surface area contributed by atoms with E-state index < -0.39 is 23.7 Å². The number of piperidine rings is 2. The van der Waals surface area contributed by atoms with Gasteiger partial charge in [-0.05, 0) is 55.6 Å². The molecule has 1 amide bonds. The van der Waals surface area contributed by atoms with E-state index >= 15 is 0 Å². The van der Waals surface area contributed by atoms with E-state index in [1.807, 2.05) is 59.5 Å². The fraction of sp³-hybridized carbons (Fsp3) is 0.394. The first-order valence-electron chi connectivity index (χ1n) is 14.5. The lowest BCUT2D eigenvalue weighted by molar-refractivity contribution is -0.216. The van der Waals surface area contributed by atoms with Crippen molar-refractivity contribution in [2.24, 2.45) is 5.41 Å². The topological polar surface area (TPSA) is 68.3 Å². The molecule has 3 aromatic rings. The van der Waals surface area contributed by atoms with Gasteiger partial charge in [-0.25, -0.2) is 4.79 Å². The Labute approximate surface area is 259 Å². The molecule has 0 aliphatic carbocycles. The molecular weight excluding hydrogens is 597 g/mol. The summed E-state index contributed by atoms with van der Waals surface area (Å²) >= 11 is 6.05. The van der Waals surface area contributed by atoms with Gasteiger partial charge < -0.3 is 19.1 Å². The van der Waals surface area contributed by atoms with E-state index in [-0.39, 0.29) is 12.5 Å². The van der Waals surface area contributed by atoms with E-state index in [0.29, 0.717) is 74.1 Å². The quantitative estimate of drug-likeness (QED) is 0.264. The molecule has 5 rings (SSSR count). The number of benzene rings is 3. The zero-order valence-corrected chi connectivity index (χ0v) is 25.1. The number of amides is 1. The van der Waals surface area contributed by atoms with Crippen LogP contribution in [0.15, 0.2) is 72.8 Å². The van der Waals surface area contributed by atoms with Gasteiger partial charge in [-0.3, -0.25) is 9.69 Å². The van der Waals surface area contributed by atoms with Crippen LogP contribution in [0.3, 0.4) is 0 Å². The molecule has 0 aromatic heterocycles. The fourth-order valence-corrected chi connectivity index (χ4v) is 6.22. The monoisotopic (exact) mass is 630 g/mol. The maximum Gasteiger partial charge on any atom is 0.490 e. The standard InChI is InChI=1S/C33H34ClF3N2O5/c1-42-28-19-25(34)11-12-26(28)30(40)39-17-14-32(15-18-39)13-16-38(21-29(32)44-31(41)33(35,36)37)20-24-9-5-6-10-27(24)43-22-23-7-3-2-4-8-23/h2-12,19,29H,13-18,20-22H2,1H3. The minimum absolute atomic E-state index is 0.133. The Kier molecular flexibility index (Phi) is 9.70. The van der Waals surface area contributed by atoms with Gasteiger partial charge in [0.1, 0.15) is 24.2 Å². The first kappa shape index (κ1) is 31.7. The number of nitrogens with zero attached hydrogens (tertiary/aromatic N) is 2. The van der Waals surface area contributed by atoms with Crippen LogP contribution >= 0.6 is 11.6 Å². The second-order valence-electron chi connectivity index (χ2n) is 11.3. The Bertz CT molecular complexity index is 1460. The number of esters is 1. The first-order chi connectivity index (χ1) is 21.1. The molecule has 11 heteroatoms. The third-order valence-corrected chi connectivity index (χ3v) is 8.79. The average Bonchev–Trinajstić information content (AvgIpc) is 3.02. The van der Waals surface area contributed by atoms with Gasteiger partial charge in [-0.1, -0.05) is 60.1 Å². The maximum absolute atomic E-state index is 13.4. The van der Waals surface area contributed by atoms with Crippen LogP contribution in [0.2, 0.25) is 5.02 Å². The van der Waals surface area contributed by atoms with Crippen molar-refractivity contribution in [1.82, 2.24) is 9.80 Å². The van der Waals surface area contributed by atoms with Crippen molar-refractivity contribution in [3.8, 4) is 11.5 Å². The summed E-state index contributed by atoms with van der Waals surface area (Å²) in [4.78, 5) is 29.1. The van der Waals surface area contributed by atoms with E-state index in [2.05, 4.69) is 0 Å². The summed E-state index contributed by atoms with van der Waals surface area (Å²) in [6, 6.07) is 22.1. The van der Waals surface area contributed by atoms with Gasteiger partial charge in [0.25, 0.3) is 5.91 Å². The van der Waals surface area contributed by atoms with Crippen molar-refractivity contribution in [3.05, 3.63) is 94.5 Å². The van der Waals surface area contributed by atoms with Crippen LogP contribution in [-0.2, 0) is 22.7 Å². The Morgan fingerprint density at radius 3 is 2.32 bits per heavy atom. The van der Waals surface area contributed by atoms with Crippen molar-refractivity contribution in [2.75, 3.05) is 33.3 Å². The number of likely N-dealkylation sites (tertiary alicyclic amines) is 2. The highest BCUT2D eigenvalue weighted by Crippen LogP contribution is 2.44. The molecule has 1 spiro atoms. The van der Waals surface area contributed by atoms with Crippen LogP contribution < -0.4 is 9.47 Å². The van der Waals surface area contributed by atoms with Gasteiger partial charge >= 0.3 is 12.1 Å². The highest BCUT2D eigenvalue weighted by Gasteiger charge is 2.51. The molecule has 2 aliphatic rings. The number of methoxy groups -OCH3 is 1. The van der Waals surface area contributed by atoms with E-state index in [1.165, 1.54) is 7.11 Å². The van der Waals surface area contributed by atoms with E-state index in [9.17, 15) is 22.8 Å². The van der Waals surface area contributed by atoms with Crippen LogP contribution in [0.1, 0.15) is 40.7 Å². The number of carbonyl (C=O) groups is 2. The van der Waals surface area contributed by atoms with Gasteiger partial charge in [0.05, 0.1) is 12.7 Å². The molecule has 3 aromatic carbocycles. The van der Waals surface area contributed by atoms with E-state index in [1.54, 1.807) is 23.1 Å². The van der Waals surface area contributed by atoms with Crippen LogP contribution in [0.25, 0.3) is 0 Å². The third kappa shape index (κ3) is 7.30. The van der Waals surface area contributed by atoms with Crippen molar-refractivity contribution in [1.29, 1.82) is 0 Å². The summed E-state index contributed by atoms with van der Waals surface area (Å²) in [6.45, 7) is 2.13. The largest absolute Gasteiger partial charge is 0.496 e. The first-order valence-corrected chi connectivity index (χ1v) is 14.8. The molecular formula is C33H34ClF3N2O5. The molecule has 2 saturated heterocycles. The Morgan fingerprint density at radius 2 is 1.61 bits per heavy atom. The Hall–Kier alpha value is -3.76. The van der Waals surface area contributed by atoms with Gasteiger partial charge in [0.2, 0.25) is 0 Å². The normalized spacial score (nSPS) is 18.6. The number of rotatable bonds is 8. The molecule has 2 heterocycles. The number of para-hydroxylation sites is 1. The second kappa shape index (κ2) is 13.5. The minimum Gasteiger partial charge on any atom is -0.496 e. The minimum atomic E-state index is -5.11. The molecule has 234 valence electrons. The molecule has 0 saturated carbocycles. The van der Waals surface area contributed by atoms with Crippen LogP contribution in [0.5, 0.6) is 11.5 Å². The van der Waals surface area contributed by atoms with Crippen LogP contribution in [0, 0.1) is 5.41 Å². The zero-order valence-electron chi connectivity index (χ0n) is 24.3. The number of halogens is 4. The Morgan fingerprint density at radius 1 is 0.932 bits per heavy atom. The maximum atomic E-state index is 13.4. The van der Waals surface area contributed by atoms with Crippen molar-refractivity contribution >= 4 is 23.5 Å². The molecule has 2 aliphatic heterocycles. The summed E-state index contributed by atoms with van der Waals surface area (Å²) in [5, 5.41) is 0.433. The summed E-state index contributed by atoms with van der Waals surface area (Å²) in [5.41, 5.74) is 1.57. The Balaban J connectivity index is 1.29. The molecule has 2 fully saturated rings. The molecule has 0 radical (unpaired) electrons. The highest BCUT2D eigenvalue weighted by molar-refractivity contribution is 6.30. The lowest BCUT2D eigenvalue weighted by Gasteiger charge is -2.51. The van der Waals surface area contributed by atoms with Crippen LogP contribution in [0.4, 0.5) is 13.2 Å². The number of hydrogen-bond acceptors (Lipinski definition) is 6. The average molecular weight is 631 g/mol. The van der Waals surface area contributed by atoms with Crippen molar-refractivity contribution < 1.29 is 37.0 Å². The number of carbonyl (C=O) groups excluding carboxylic acids is 2. The highest BCUT2D eigenvalue weighted by atomic mass is 35.5. The lowest BCUT2D eigenvalue weighted by atomic mass is 9.69. The van der Waals surface area contributed by atoms with Crippen LogP contribution in [-0.4, -0.2) is 67.2 Å². The summed E-state index contributed by atoms with van der Waals surface area (Å²) in [7, 11) is 1.45. The van der Waals surface area contributed by atoms with Gasteiger partial charge in [-0.2, -0.15) is 13.2 Å². The van der Waals surface area contributed by atoms with E-state index in [4.69, 9.17) is 25.8 Å². The predicted octanol–water partition coefficient (Wildman–Crippen LogP) is 6.53. The molecule has 0 N–H and O–H groups in total. The van der Waals surface area contributed by atoms with Crippen molar-refractivity contribution in [3.63, 3.8) is 0 Å². The lowest BCUT2D eigenvalue weighted by Crippen LogP contribution is -2.57. The van der Waals surface area contributed by atoms with Gasteiger partial charge in [-0.15, -0.1) is 0 Å². The molecule has 0 bridgehead atoms. The van der Waals surface area contributed by atoms with Gasteiger partial charge in [0, 0.05) is 42.2 Å². The number of alkyl halides is 3. The molecule has 44 heavy (non-hydrogen) atoms. The molecule has 7 nitrogen and oxygen atoms in total. The molecule has 1 atom stereocenters. The predicted molar refractivity (Wildman–Crippen MR) is 159 cm³/mol. The SMILES string of the molecule is COc1cc(Cl)ccc1C(=O)N1CCC2(CCN(Cc3ccccc3OCc3ccccc3)CC2OC(=O)C(F)(F)F)CC1. The fourth-order valence-electron chi connectivity index (χ4n) is 6.05. The summed E-state index contributed by atoms with van der Waals surface area (Å²) in [5.74, 6) is -1.41. The summed E-state index contributed by atoms with van der Waals surface area (Å²) < 4.78 is 56.7. The van der Waals surface area contributed by atoms with Gasteiger partial charge in [0.15, 0.2) is 0 Å². The zero-order chi connectivity index (χ0) is 31.3. The smallest absolute Gasteiger partial charge is 0.490 e. The molecule has 1 unspecified atom stereocenters. The number of ether oxygens (including phenoxy) is 3. The van der Waals surface area contributed by atoms with Crippen molar-refractivity contribution in [2.45, 2.75) is 44.7 Å². The summed E-state index contributed by atoms with van der Waals surface area (Å²) in [6.07, 6.45) is -4.79. The van der Waals surface area contributed by atoms with E-state index in [0.717, 1.165) is 11.1 Å². The second-order valence-corrected chi connectivity index (χ2v) is 11.7.